The fourth-order valence-electron chi connectivity index (χ4n) is 4.11. The molecule has 3 rings (SSSR count). The van der Waals surface area contributed by atoms with E-state index in [0.717, 1.165) is 30.1 Å². The van der Waals surface area contributed by atoms with Crippen LogP contribution in [0.2, 0.25) is 0 Å². The van der Waals surface area contributed by atoms with Gasteiger partial charge < -0.3 is 14.9 Å². The molecule has 172 valence electrons. The maximum atomic E-state index is 12.3. The second-order valence-electron chi connectivity index (χ2n) is 8.50. The Hall–Kier alpha value is -2.29. The van der Waals surface area contributed by atoms with Crippen molar-refractivity contribution >= 4 is 21.8 Å². The van der Waals surface area contributed by atoms with Gasteiger partial charge in [-0.1, -0.05) is 38.5 Å². The van der Waals surface area contributed by atoms with Crippen LogP contribution in [0.3, 0.4) is 0 Å². The monoisotopic (exact) mass is 452 g/mol. The number of carbonyl (C=O) groups is 2. The van der Waals surface area contributed by atoms with Crippen molar-refractivity contribution in [2.75, 3.05) is 12.9 Å². The molecule has 0 radical (unpaired) electrons. The predicted octanol–water partition coefficient (Wildman–Crippen LogP) is 3.46. The maximum Gasteiger partial charge on any atom is 0.407 e. The molecule has 0 spiro atoms. The number of alkyl carbamates (subject to hydrolysis) is 1. The van der Waals surface area contributed by atoms with Gasteiger partial charge in [-0.25, -0.2) is 13.2 Å². The second kappa shape index (κ2) is 10.3. The van der Waals surface area contributed by atoms with Gasteiger partial charge in [-0.05, 0) is 49.9 Å². The molecule has 1 aliphatic heterocycles. The van der Waals surface area contributed by atoms with E-state index in [9.17, 15) is 18.0 Å². The Labute approximate surface area is 184 Å². The molecule has 0 aromatic heterocycles. The fourth-order valence-corrected chi connectivity index (χ4v) is 4.74. The Morgan fingerprint density at radius 3 is 2.42 bits per heavy atom. The molecule has 1 aliphatic carbocycles. The molecule has 1 heterocycles. The average molecular weight is 453 g/mol. The lowest BCUT2D eigenvalue weighted by Crippen LogP contribution is -2.70. The van der Waals surface area contributed by atoms with Gasteiger partial charge in [0.05, 0.1) is 17.5 Å². The molecule has 0 bridgehead atoms. The van der Waals surface area contributed by atoms with E-state index in [-0.39, 0.29) is 16.8 Å². The van der Waals surface area contributed by atoms with Gasteiger partial charge in [-0.15, -0.1) is 0 Å². The third-order valence-electron chi connectivity index (χ3n) is 6.03. The number of hydroxylamine groups is 2. The Bertz CT molecular complexity index is 864. The lowest BCUT2D eigenvalue weighted by atomic mass is 9.86. The number of benzene rings is 1. The molecule has 2 amide bonds. The van der Waals surface area contributed by atoms with E-state index in [1.165, 1.54) is 62.8 Å². The van der Waals surface area contributed by atoms with Crippen LogP contribution in [0.5, 0.6) is 5.75 Å². The lowest BCUT2D eigenvalue weighted by molar-refractivity contribution is -0.194. The van der Waals surface area contributed by atoms with Crippen LogP contribution in [0.15, 0.2) is 29.2 Å². The third kappa shape index (κ3) is 6.35. The molecule has 1 aromatic carbocycles. The Morgan fingerprint density at radius 1 is 1.13 bits per heavy atom. The van der Waals surface area contributed by atoms with Crippen LogP contribution in [-0.4, -0.2) is 50.4 Å². The van der Waals surface area contributed by atoms with Crippen molar-refractivity contribution in [3.05, 3.63) is 24.3 Å². The number of carbonyl (C=O) groups excluding carboxylic acids is 2. The SMILES string of the molecule is C[C@H]1[C@H](NC(=O)OCCCCC2CCCCC2)C(=O)N1Oc1ccc(S(C)(=O)=O)cc1. The number of ether oxygens (including phenoxy) is 1. The van der Waals surface area contributed by atoms with Crippen molar-refractivity contribution in [3.8, 4) is 5.75 Å². The van der Waals surface area contributed by atoms with Crippen molar-refractivity contribution in [3.63, 3.8) is 0 Å². The predicted molar refractivity (Wildman–Crippen MR) is 115 cm³/mol. The summed E-state index contributed by atoms with van der Waals surface area (Å²) in [6.07, 6.45) is 10.3. The molecule has 1 aromatic rings. The maximum absolute atomic E-state index is 12.3. The first-order valence-corrected chi connectivity index (χ1v) is 12.9. The highest BCUT2D eigenvalue weighted by atomic mass is 32.2. The van der Waals surface area contributed by atoms with Gasteiger partial charge in [0.1, 0.15) is 6.04 Å². The number of rotatable bonds is 9. The van der Waals surface area contributed by atoms with Crippen LogP contribution in [0.25, 0.3) is 0 Å². The van der Waals surface area contributed by atoms with Crippen molar-refractivity contribution in [1.29, 1.82) is 0 Å². The minimum Gasteiger partial charge on any atom is -0.450 e. The highest BCUT2D eigenvalue weighted by Crippen LogP contribution is 2.28. The topological polar surface area (TPSA) is 102 Å². The molecule has 0 unspecified atom stereocenters. The van der Waals surface area contributed by atoms with Gasteiger partial charge in [-0.3, -0.25) is 4.79 Å². The van der Waals surface area contributed by atoms with E-state index in [1.54, 1.807) is 6.92 Å². The van der Waals surface area contributed by atoms with Gasteiger partial charge in [0.2, 0.25) is 0 Å². The summed E-state index contributed by atoms with van der Waals surface area (Å²) in [5, 5.41) is 3.75. The zero-order chi connectivity index (χ0) is 22.4. The fraction of sp³-hybridized carbons (Fsp3) is 0.636. The van der Waals surface area contributed by atoms with Gasteiger partial charge in [0, 0.05) is 6.26 Å². The number of unbranched alkanes of at least 4 members (excludes halogenated alkanes) is 1. The molecule has 1 saturated carbocycles. The zero-order valence-electron chi connectivity index (χ0n) is 18.2. The number of hydrogen-bond acceptors (Lipinski definition) is 6. The minimum atomic E-state index is -3.30. The smallest absolute Gasteiger partial charge is 0.407 e. The van der Waals surface area contributed by atoms with E-state index < -0.39 is 22.0 Å². The molecule has 2 aliphatic rings. The third-order valence-corrected chi connectivity index (χ3v) is 7.16. The molecule has 1 N–H and O–H groups in total. The Morgan fingerprint density at radius 2 is 1.81 bits per heavy atom. The molecule has 2 atom stereocenters. The van der Waals surface area contributed by atoms with E-state index in [1.807, 2.05) is 0 Å². The number of hydrogen-bond donors (Lipinski definition) is 1. The molecular formula is C22H32N2O6S. The van der Waals surface area contributed by atoms with Crippen molar-refractivity contribution in [2.24, 2.45) is 5.92 Å². The van der Waals surface area contributed by atoms with Gasteiger partial charge in [0.25, 0.3) is 5.91 Å². The summed E-state index contributed by atoms with van der Waals surface area (Å²) in [5.74, 6) is 0.783. The number of sulfone groups is 1. The summed E-state index contributed by atoms with van der Waals surface area (Å²) in [6.45, 7) is 2.10. The highest BCUT2D eigenvalue weighted by molar-refractivity contribution is 7.90. The number of β-lactam (4-membered cyclic amide) rings is 1. The molecule has 1 saturated heterocycles. The zero-order valence-corrected chi connectivity index (χ0v) is 19.0. The van der Waals surface area contributed by atoms with Gasteiger partial charge >= 0.3 is 6.09 Å². The number of nitrogens with one attached hydrogen (secondary N) is 1. The van der Waals surface area contributed by atoms with Gasteiger partial charge in [0.15, 0.2) is 15.6 Å². The van der Waals surface area contributed by atoms with Crippen LogP contribution in [0, 0.1) is 5.92 Å². The summed E-state index contributed by atoms with van der Waals surface area (Å²) < 4.78 is 28.2. The summed E-state index contributed by atoms with van der Waals surface area (Å²) in [6, 6.07) is 4.73. The van der Waals surface area contributed by atoms with E-state index >= 15 is 0 Å². The molecule has 9 heteroatoms. The Kier molecular flexibility index (Phi) is 7.80. The normalized spacial score (nSPS) is 22.0. The van der Waals surface area contributed by atoms with Crippen molar-refractivity contribution in [1.82, 2.24) is 10.4 Å². The largest absolute Gasteiger partial charge is 0.450 e. The summed E-state index contributed by atoms with van der Waals surface area (Å²) in [7, 11) is -3.30. The van der Waals surface area contributed by atoms with Crippen LogP contribution >= 0.6 is 0 Å². The second-order valence-corrected chi connectivity index (χ2v) is 10.5. The summed E-state index contributed by atoms with van der Waals surface area (Å²) >= 11 is 0. The van der Waals surface area contributed by atoms with Crippen LogP contribution in [0.4, 0.5) is 4.79 Å². The molecule has 8 nitrogen and oxygen atoms in total. The van der Waals surface area contributed by atoms with Crippen LogP contribution in [0.1, 0.15) is 58.3 Å². The number of nitrogens with zero attached hydrogens (tertiary/aromatic N) is 1. The Balaban J connectivity index is 1.35. The number of amides is 2. The first kappa shape index (κ1) is 23.4. The van der Waals surface area contributed by atoms with E-state index in [4.69, 9.17) is 9.57 Å². The summed E-state index contributed by atoms with van der Waals surface area (Å²) in [4.78, 5) is 30.0. The van der Waals surface area contributed by atoms with Crippen molar-refractivity contribution < 1.29 is 27.6 Å². The molecule has 31 heavy (non-hydrogen) atoms. The van der Waals surface area contributed by atoms with Crippen molar-refractivity contribution in [2.45, 2.75) is 75.3 Å². The first-order valence-electron chi connectivity index (χ1n) is 11.0. The van der Waals surface area contributed by atoms with Crippen LogP contribution in [-0.2, 0) is 19.4 Å². The van der Waals surface area contributed by atoms with Gasteiger partial charge in [-0.2, -0.15) is 5.06 Å². The van der Waals surface area contributed by atoms with Crippen LogP contribution < -0.4 is 10.2 Å². The molecule has 2 fully saturated rings. The first-order chi connectivity index (χ1) is 14.8. The van der Waals surface area contributed by atoms with E-state index in [2.05, 4.69) is 5.32 Å². The lowest BCUT2D eigenvalue weighted by Gasteiger charge is -2.43. The minimum absolute atomic E-state index is 0.170. The summed E-state index contributed by atoms with van der Waals surface area (Å²) in [5.41, 5.74) is 0. The molecular weight excluding hydrogens is 420 g/mol. The van der Waals surface area contributed by atoms with E-state index in [0.29, 0.717) is 12.4 Å². The quantitative estimate of drug-likeness (QED) is 0.455. The highest BCUT2D eigenvalue weighted by Gasteiger charge is 2.48. The average Bonchev–Trinajstić information content (AvgIpc) is 2.76. The standard InChI is InChI=1S/C22H32N2O6S/c1-16-20(23-22(26)29-15-7-6-10-17-8-4-3-5-9-17)21(25)24(16)30-18-11-13-19(14-12-18)31(2,27)28/h11-14,16-17,20H,3-10,15H2,1-2H3,(H,23,26)/t16-,20-/m0/s1.